The normalized spacial score (nSPS) is 11.4. The molecule has 30 heavy (non-hydrogen) atoms. The molecule has 0 fully saturated rings. The molecule has 0 atom stereocenters. The van der Waals surface area contributed by atoms with Gasteiger partial charge in [0.15, 0.2) is 0 Å². The first-order valence-corrected chi connectivity index (χ1v) is 13.4. The van der Waals surface area contributed by atoms with Crippen molar-refractivity contribution in [3.8, 4) is 0 Å². The molecule has 0 spiro atoms. The quantitative estimate of drug-likeness (QED) is 0.215. The van der Waals surface area contributed by atoms with E-state index in [9.17, 15) is 0 Å². The fourth-order valence-electron chi connectivity index (χ4n) is 4.72. The highest BCUT2D eigenvalue weighted by molar-refractivity contribution is 5.86. The van der Waals surface area contributed by atoms with Crippen LogP contribution in [0, 0.1) is 0 Å². The second-order valence-corrected chi connectivity index (χ2v) is 9.43. The summed E-state index contributed by atoms with van der Waals surface area (Å²) in [4.78, 5) is 0. The molecular formula is C30H48. The van der Waals surface area contributed by atoms with Gasteiger partial charge in [0.2, 0.25) is 0 Å². The van der Waals surface area contributed by atoms with E-state index in [1.165, 1.54) is 126 Å². The van der Waals surface area contributed by atoms with Crippen molar-refractivity contribution in [2.45, 2.75) is 129 Å². The lowest BCUT2D eigenvalue weighted by molar-refractivity contribution is 0.574. The first-order valence-electron chi connectivity index (χ1n) is 13.4. The summed E-state index contributed by atoms with van der Waals surface area (Å²) in [6, 6.07) is 14.0. The van der Waals surface area contributed by atoms with Gasteiger partial charge in [0, 0.05) is 0 Å². The molecule has 0 saturated heterocycles. The second-order valence-electron chi connectivity index (χ2n) is 9.43. The fraction of sp³-hybridized carbons (Fsp3) is 0.667. The van der Waals surface area contributed by atoms with E-state index in [1.54, 1.807) is 11.1 Å². The van der Waals surface area contributed by atoms with E-state index < -0.39 is 0 Å². The maximum Gasteiger partial charge on any atom is -0.0152 e. The van der Waals surface area contributed by atoms with Crippen LogP contribution in [0.15, 0.2) is 36.4 Å². The Morgan fingerprint density at radius 2 is 1.00 bits per heavy atom. The minimum atomic E-state index is 1.25. The lowest BCUT2D eigenvalue weighted by Crippen LogP contribution is -1.94. The number of aryl methyl sites for hydroxylation is 2. The molecule has 0 heterocycles. The summed E-state index contributed by atoms with van der Waals surface area (Å²) in [7, 11) is 0. The summed E-state index contributed by atoms with van der Waals surface area (Å²) in [6.07, 6.45) is 25.0. The summed E-state index contributed by atoms with van der Waals surface area (Å²) in [5, 5.41) is 2.93. The summed E-state index contributed by atoms with van der Waals surface area (Å²) >= 11 is 0. The number of unbranched alkanes of at least 4 members (excludes halogenated alkanes) is 14. The van der Waals surface area contributed by atoms with Crippen molar-refractivity contribution < 1.29 is 0 Å². The Hall–Kier alpha value is -1.30. The molecule has 0 aliphatic rings. The smallest absolute Gasteiger partial charge is 0.0152 e. The minimum Gasteiger partial charge on any atom is -0.0654 e. The Kier molecular flexibility index (Phi) is 13.6. The van der Waals surface area contributed by atoms with Crippen molar-refractivity contribution in [1.29, 1.82) is 0 Å². The zero-order chi connectivity index (χ0) is 21.3. The van der Waals surface area contributed by atoms with E-state index in [4.69, 9.17) is 0 Å². The van der Waals surface area contributed by atoms with Gasteiger partial charge < -0.3 is 0 Å². The number of rotatable bonds is 18. The molecule has 2 rings (SSSR count). The first-order chi connectivity index (χ1) is 14.8. The largest absolute Gasteiger partial charge is 0.0654 e. The van der Waals surface area contributed by atoms with Gasteiger partial charge in [-0.05, 0) is 47.6 Å². The van der Waals surface area contributed by atoms with Crippen LogP contribution in [0.1, 0.15) is 128 Å². The Balaban J connectivity index is 1.76. The van der Waals surface area contributed by atoms with Crippen LogP contribution in [-0.2, 0) is 12.8 Å². The van der Waals surface area contributed by atoms with Gasteiger partial charge in [-0.25, -0.2) is 0 Å². The molecule has 0 nitrogen and oxygen atoms in total. The van der Waals surface area contributed by atoms with E-state index in [0.717, 1.165) is 0 Å². The van der Waals surface area contributed by atoms with E-state index in [0.29, 0.717) is 0 Å². The molecule has 2 aromatic rings. The maximum atomic E-state index is 2.53. The fourth-order valence-corrected chi connectivity index (χ4v) is 4.72. The Morgan fingerprint density at radius 1 is 0.500 bits per heavy atom. The van der Waals surface area contributed by atoms with Gasteiger partial charge in [-0.1, -0.05) is 140 Å². The summed E-state index contributed by atoms with van der Waals surface area (Å²) in [6.45, 7) is 4.60. The van der Waals surface area contributed by atoms with Gasteiger partial charge in [-0.15, -0.1) is 0 Å². The summed E-state index contributed by atoms with van der Waals surface area (Å²) in [5.41, 5.74) is 3.16. The standard InChI is InChI=1S/C30H48/c1-3-5-7-9-11-13-15-17-21-27-25-28(30-24-20-19-23-29(30)26-27)22-18-16-14-12-10-8-6-4-2/h19-20,23-26H,3-18,21-22H2,1-2H3. The summed E-state index contributed by atoms with van der Waals surface area (Å²) in [5.74, 6) is 0. The van der Waals surface area contributed by atoms with Crippen molar-refractivity contribution in [2.75, 3.05) is 0 Å². The van der Waals surface area contributed by atoms with Crippen LogP contribution < -0.4 is 0 Å². The van der Waals surface area contributed by atoms with Crippen molar-refractivity contribution >= 4 is 10.8 Å². The van der Waals surface area contributed by atoms with Gasteiger partial charge in [-0.3, -0.25) is 0 Å². The third-order valence-corrected chi connectivity index (χ3v) is 6.63. The van der Waals surface area contributed by atoms with E-state index >= 15 is 0 Å². The Morgan fingerprint density at radius 3 is 1.60 bits per heavy atom. The lowest BCUT2D eigenvalue weighted by atomic mass is 9.94. The topological polar surface area (TPSA) is 0 Å². The molecule has 0 amide bonds. The number of fused-ring (bicyclic) bond motifs is 1. The zero-order valence-electron chi connectivity index (χ0n) is 20.2. The van der Waals surface area contributed by atoms with Crippen LogP contribution in [0.3, 0.4) is 0 Å². The number of hydrogen-bond acceptors (Lipinski definition) is 0. The van der Waals surface area contributed by atoms with Crippen molar-refractivity contribution in [3.63, 3.8) is 0 Å². The highest BCUT2D eigenvalue weighted by Gasteiger charge is 2.05. The van der Waals surface area contributed by atoms with Gasteiger partial charge in [0.25, 0.3) is 0 Å². The third-order valence-electron chi connectivity index (χ3n) is 6.63. The molecule has 0 aliphatic heterocycles. The molecule has 0 N–H and O–H groups in total. The average Bonchev–Trinajstić information content (AvgIpc) is 2.77. The molecule has 0 aromatic heterocycles. The zero-order valence-corrected chi connectivity index (χ0v) is 20.2. The Bertz CT molecular complexity index is 669. The average molecular weight is 409 g/mol. The minimum absolute atomic E-state index is 1.25. The van der Waals surface area contributed by atoms with Gasteiger partial charge >= 0.3 is 0 Å². The van der Waals surface area contributed by atoms with Crippen LogP contribution in [-0.4, -0.2) is 0 Å². The van der Waals surface area contributed by atoms with Crippen LogP contribution >= 0.6 is 0 Å². The van der Waals surface area contributed by atoms with Gasteiger partial charge in [-0.2, -0.15) is 0 Å². The Labute approximate surface area is 187 Å². The van der Waals surface area contributed by atoms with Gasteiger partial charge in [0.1, 0.15) is 0 Å². The predicted molar refractivity (Wildman–Crippen MR) is 137 cm³/mol. The number of hydrogen-bond donors (Lipinski definition) is 0. The van der Waals surface area contributed by atoms with Crippen LogP contribution in [0.2, 0.25) is 0 Å². The third kappa shape index (κ3) is 10.1. The van der Waals surface area contributed by atoms with Gasteiger partial charge in [0.05, 0.1) is 0 Å². The molecule has 0 unspecified atom stereocenters. The molecule has 168 valence electrons. The van der Waals surface area contributed by atoms with E-state index in [2.05, 4.69) is 50.2 Å². The monoisotopic (exact) mass is 408 g/mol. The maximum absolute atomic E-state index is 2.53. The van der Waals surface area contributed by atoms with E-state index in [-0.39, 0.29) is 0 Å². The summed E-state index contributed by atoms with van der Waals surface area (Å²) < 4.78 is 0. The molecule has 0 bridgehead atoms. The van der Waals surface area contributed by atoms with Crippen molar-refractivity contribution in [1.82, 2.24) is 0 Å². The predicted octanol–water partition coefficient (Wildman–Crippen LogP) is 10.2. The van der Waals surface area contributed by atoms with Crippen LogP contribution in [0.25, 0.3) is 10.8 Å². The lowest BCUT2D eigenvalue weighted by Gasteiger charge is -2.11. The molecule has 0 heteroatoms. The molecule has 0 aliphatic carbocycles. The molecular weight excluding hydrogens is 360 g/mol. The molecule has 2 aromatic carbocycles. The highest BCUT2D eigenvalue weighted by atomic mass is 14.1. The van der Waals surface area contributed by atoms with E-state index in [1.807, 2.05) is 0 Å². The van der Waals surface area contributed by atoms with Crippen LogP contribution in [0.4, 0.5) is 0 Å². The SMILES string of the molecule is CCCCCCCCCCc1cc(CCCCCCCCCC)c2ccccc2c1. The molecule has 0 radical (unpaired) electrons. The molecule has 0 saturated carbocycles. The van der Waals surface area contributed by atoms with Crippen LogP contribution in [0.5, 0.6) is 0 Å². The highest BCUT2D eigenvalue weighted by Crippen LogP contribution is 2.24. The van der Waals surface area contributed by atoms with Crippen molar-refractivity contribution in [3.05, 3.63) is 47.5 Å². The number of benzene rings is 2. The second kappa shape index (κ2) is 16.4. The van der Waals surface area contributed by atoms with Crippen molar-refractivity contribution in [2.24, 2.45) is 0 Å². The first kappa shape index (κ1) is 25.0.